The van der Waals surface area contributed by atoms with E-state index in [1.807, 2.05) is 0 Å². The molecule has 8 heteroatoms. The van der Waals surface area contributed by atoms with Crippen LogP contribution in [-0.2, 0) is 14.3 Å². The Morgan fingerprint density at radius 3 is 2.48 bits per heavy atom. The average molecular weight is 312 g/mol. The average Bonchev–Trinajstić information content (AvgIpc) is 2.89. The van der Waals surface area contributed by atoms with E-state index < -0.39 is 23.5 Å². The Hall–Kier alpha value is -0.860. The van der Waals surface area contributed by atoms with Gasteiger partial charge >= 0.3 is 6.18 Å². The van der Waals surface area contributed by atoms with E-state index in [0.717, 1.165) is 0 Å². The quantitative estimate of drug-likeness (QED) is 0.763. The Kier molecular flexibility index (Phi) is 6.42. The van der Waals surface area contributed by atoms with Gasteiger partial charge in [-0.05, 0) is 19.9 Å². The van der Waals surface area contributed by atoms with Crippen LogP contribution in [0, 0.1) is 5.41 Å². The highest BCUT2D eigenvalue weighted by atomic mass is 19.4. The standard InChI is InChI=1S/C13H23F3N2O3/c1-10(8-21-3)18(6-7-20-2)11(19)12(13(14,15)16)4-5-17-9-12/h10,17H,4-9H2,1-3H3. The second-order valence-corrected chi connectivity index (χ2v) is 5.30. The largest absolute Gasteiger partial charge is 0.404 e. The van der Waals surface area contributed by atoms with Crippen LogP contribution in [0.5, 0.6) is 0 Å². The first-order chi connectivity index (χ1) is 9.80. The molecular formula is C13H23F3N2O3. The zero-order valence-corrected chi connectivity index (χ0v) is 12.6. The molecule has 1 heterocycles. The van der Waals surface area contributed by atoms with Gasteiger partial charge < -0.3 is 19.7 Å². The maximum absolute atomic E-state index is 13.4. The van der Waals surface area contributed by atoms with Crippen LogP contribution >= 0.6 is 0 Å². The smallest absolute Gasteiger partial charge is 0.383 e. The minimum absolute atomic E-state index is 0.109. The number of nitrogens with one attached hydrogen (secondary N) is 1. The lowest BCUT2D eigenvalue weighted by Gasteiger charge is -2.38. The molecule has 1 rings (SSSR count). The van der Waals surface area contributed by atoms with Crippen molar-refractivity contribution in [3.8, 4) is 0 Å². The number of halogens is 3. The second kappa shape index (κ2) is 7.42. The number of alkyl halides is 3. The van der Waals surface area contributed by atoms with Crippen molar-refractivity contribution in [2.24, 2.45) is 5.41 Å². The molecular weight excluding hydrogens is 289 g/mol. The van der Waals surface area contributed by atoms with Gasteiger partial charge in [0.1, 0.15) is 0 Å². The summed E-state index contributed by atoms with van der Waals surface area (Å²) in [6.07, 6.45) is -4.82. The maximum Gasteiger partial charge on any atom is 0.404 e. The molecule has 2 atom stereocenters. The molecule has 1 aliphatic rings. The molecule has 0 aliphatic carbocycles. The van der Waals surface area contributed by atoms with E-state index in [9.17, 15) is 18.0 Å². The van der Waals surface area contributed by atoms with Crippen molar-refractivity contribution in [3.05, 3.63) is 0 Å². The summed E-state index contributed by atoms with van der Waals surface area (Å²) in [6.45, 7) is 1.94. The first-order valence-electron chi connectivity index (χ1n) is 6.86. The fourth-order valence-electron chi connectivity index (χ4n) is 2.56. The monoisotopic (exact) mass is 312 g/mol. The van der Waals surface area contributed by atoms with Gasteiger partial charge in [-0.1, -0.05) is 0 Å². The van der Waals surface area contributed by atoms with Gasteiger partial charge in [0.2, 0.25) is 5.91 Å². The normalized spacial score (nSPS) is 24.1. The molecule has 1 amide bonds. The third-order valence-electron chi connectivity index (χ3n) is 3.84. The zero-order valence-electron chi connectivity index (χ0n) is 12.6. The minimum Gasteiger partial charge on any atom is -0.383 e. The van der Waals surface area contributed by atoms with Crippen molar-refractivity contribution >= 4 is 5.91 Å². The van der Waals surface area contributed by atoms with Gasteiger partial charge in [-0.2, -0.15) is 13.2 Å². The zero-order chi connectivity index (χ0) is 16.1. The molecule has 1 fully saturated rings. The lowest BCUT2D eigenvalue weighted by Crippen LogP contribution is -2.57. The topological polar surface area (TPSA) is 50.8 Å². The highest BCUT2D eigenvalue weighted by Crippen LogP contribution is 2.44. The number of ether oxygens (including phenoxy) is 2. The van der Waals surface area contributed by atoms with Crippen molar-refractivity contribution in [3.63, 3.8) is 0 Å². The molecule has 21 heavy (non-hydrogen) atoms. The minimum atomic E-state index is -4.58. The van der Waals surface area contributed by atoms with Crippen LogP contribution in [0.2, 0.25) is 0 Å². The summed E-state index contributed by atoms with van der Waals surface area (Å²) < 4.78 is 50.2. The van der Waals surface area contributed by atoms with Gasteiger partial charge in [-0.25, -0.2) is 0 Å². The maximum atomic E-state index is 13.4. The fourth-order valence-corrected chi connectivity index (χ4v) is 2.56. The molecule has 0 aromatic rings. The first-order valence-corrected chi connectivity index (χ1v) is 6.86. The molecule has 2 unspecified atom stereocenters. The summed E-state index contributed by atoms with van der Waals surface area (Å²) in [6, 6.07) is -0.447. The third kappa shape index (κ3) is 3.87. The highest BCUT2D eigenvalue weighted by molar-refractivity contribution is 5.84. The number of rotatable bonds is 7. The molecule has 0 aromatic carbocycles. The molecule has 124 valence electrons. The molecule has 0 aromatic heterocycles. The molecule has 1 N–H and O–H groups in total. The molecule has 0 radical (unpaired) electrons. The Bertz CT molecular complexity index is 344. The number of carbonyl (C=O) groups excluding carboxylic acids is 1. The van der Waals surface area contributed by atoms with Crippen molar-refractivity contribution < 1.29 is 27.4 Å². The van der Waals surface area contributed by atoms with Crippen LogP contribution in [0.3, 0.4) is 0 Å². The van der Waals surface area contributed by atoms with Gasteiger partial charge in [0.25, 0.3) is 0 Å². The fraction of sp³-hybridized carbons (Fsp3) is 0.923. The Labute approximate surface area is 122 Å². The van der Waals surface area contributed by atoms with Crippen LogP contribution in [0.4, 0.5) is 13.2 Å². The third-order valence-corrected chi connectivity index (χ3v) is 3.84. The predicted molar refractivity (Wildman–Crippen MR) is 70.9 cm³/mol. The summed E-state index contributed by atoms with van der Waals surface area (Å²) in [5.74, 6) is -0.901. The molecule has 0 saturated carbocycles. The second-order valence-electron chi connectivity index (χ2n) is 5.30. The van der Waals surface area contributed by atoms with E-state index in [4.69, 9.17) is 9.47 Å². The Morgan fingerprint density at radius 2 is 2.05 bits per heavy atom. The number of hydrogen-bond acceptors (Lipinski definition) is 4. The van der Waals surface area contributed by atoms with E-state index in [0.29, 0.717) is 0 Å². The number of carbonyl (C=O) groups is 1. The molecule has 0 bridgehead atoms. The Morgan fingerprint density at radius 1 is 1.38 bits per heavy atom. The summed E-state index contributed by atoms with van der Waals surface area (Å²) in [5.41, 5.74) is -2.34. The predicted octanol–water partition coefficient (Wildman–Crippen LogP) is 1.04. The SMILES string of the molecule is COCCN(C(=O)C1(C(F)(F)F)CCNC1)C(C)COC. The van der Waals surface area contributed by atoms with E-state index in [2.05, 4.69) is 5.32 Å². The van der Waals surface area contributed by atoms with Gasteiger partial charge in [0, 0.05) is 27.3 Å². The first kappa shape index (κ1) is 18.2. The lowest BCUT2D eigenvalue weighted by molar-refractivity contribution is -0.223. The number of nitrogens with zero attached hydrogens (tertiary/aromatic N) is 1. The number of hydrogen-bond donors (Lipinski definition) is 1. The summed E-state index contributed by atoms with van der Waals surface area (Å²) >= 11 is 0. The van der Waals surface area contributed by atoms with Crippen molar-refractivity contribution in [1.29, 1.82) is 0 Å². The molecule has 1 aliphatic heterocycles. The van der Waals surface area contributed by atoms with Crippen LogP contribution < -0.4 is 5.32 Å². The van der Waals surface area contributed by atoms with Crippen LogP contribution in [0.15, 0.2) is 0 Å². The van der Waals surface area contributed by atoms with Gasteiger partial charge in [0.15, 0.2) is 5.41 Å². The molecule has 5 nitrogen and oxygen atoms in total. The van der Waals surface area contributed by atoms with Gasteiger partial charge in [-0.3, -0.25) is 4.79 Å². The van der Waals surface area contributed by atoms with E-state index >= 15 is 0 Å². The number of amides is 1. The van der Waals surface area contributed by atoms with Crippen LogP contribution in [0.1, 0.15) is 13.3 Å². The van der Waals surface area contributed by atoms with Gasteiger partial charge in [-0.15, -0.1) is 0 Å². The van der Waals surface area contributed by atoms with Crippen molar-refractivity contribution in [1.82, 2.24) is 10.2 Å². The van der Waals surface area contributed by atoms with Crippen molar-refractivity contribution in [2.75, 3.05) is 47.1 Å². The van der Waals surface area contributed by atoms with Crippen LogP contribution in [-0.4, -0.2) is 70.1 Å². The van der Waals surface area contributed by atoms with Crippen molar-refractivity contribution in [2.45, 2.75) is 25.6 Å². The van der Waals surface area contributed by atoms with E-state index in [-0.39, 0.29) is 39.3 Å². The molecule has 0 spiro atoms. The van der Waals surface area contributed by atoms with Gasteiger partial charge in [0.05, 0.1) is 19.3 Å². The lowest BCUT2D eigenvalue weighted by atomic mass is 9.84. The number of methoxy groups -OCH3 is 2. The summed E-state index contributed by atoms with van der Waals surface area (Å²) in [7, 11) is 2.90. The Balaban J connectivity index is 3.01. The summed E-state index contributed by atoms with van der Waals surface area (Å²) in [4.78, 5) is 13.8. The highest BCUT2D eigenvalue weighted by Gasteiger charge is 2.62. The van der Waals surface area contributed by atoms with Crippen LogP contribution in [0.25, 0.3) is 0 Å². The van der Waals surface area contributed by atoms with E-state index in [1.165, 1.54) is 19.1 Å². The summed E-state index contributed by atoms with van der Waals surface area (Å²) in [5, 5.41) is 2.65. The van der Waals surface area contributed by atoms with E-state index in [1.54, 1.807) is 6.92 Å². The molecule has 1 saturated heterocycles.